The molecule has 0 fully saturated rings. The lowest BCUT2D eigenvalue weighted by Crippen LogP contribution is -2.04. The van der Waals surface area contributed by atoms with Crippen LogP contribution in [-0.4, -0.2) is 29.2 Å². The molecule has 0 spiro atoms. The minimum atomic E-state index is 0.560. The first-order chi connectivity index (χ1) is 8.63. The maximum atomic E-state index is 5.25. The summed E-state index contributed by atoms with van der Waals surface area (Å²) in [5.74, 6) is 1.40. The summed E-state index contributed by atoms with van der Waals surface area (Å²) in [6, 6.07) is 5.72. The number of aromatic nitrogens is 3. The standard InChI is InChI=1S/C11H11Br2N3O2/c1-17-8-4-3-7(5-9(8)18-2)6-16-14-10(12)11(13)15-16/h3-5H,6H2,1-2H3. The number of hydrogen-bond acceptors (Lipinski definition) is 4. The summed E-state index contributed by atoms with van der Waals surface area (Å²) < 4.78 is 11.8. The molecule has 0 aliphatic rings. The molecule has 0 N–H and O–H groups in total. The van der Waals surface area contributed by atoms with Crippen LogP contribution in [0.2, 0.25) is 0 Å². The van der Waals surface area contributed by atoms with Crippen LogP contribution in [0.25, 0.3) is 0 Å². The zero-order chi connectivity index (χ0) is 13.1. The van der Waals surface area contributed by atoms with E-state index in [4.69, 9.17) is 9.47 Å². The van der Waals surface area contributed by atoms with E-state index in [1.54, 1.807) is 19.0 Å². The molecule has 1 heterocycles. The molecule has 0 amide bonds. The van der Waals surface area contributed by atoms with Crippen molar-refractivity contribution in [1.29, 1.82) is 0 Å². The van der Waals surface area contributed by atoms with Crippen molar-refractivity contribution in [2.24, 2.45) is 0 Å². The fraction of sp³-hybridized carbons (Fsp3) is 0.273. The largest absolute Gasteiger partial charge is 0.493 e. The first kappa shape index (κ1) is 13.4. The Kier molecular flexibility index (Phi) is 4.23. The van der Waals surface area contributed by atoms with Gasteiger partial charge in [0, 0.05) is 0 Å². The molecule has 0 aliphatic carbocycles. The van der Waals surface area contributed by atoms with Gasteiger partial charge in [0.2, 0.25) is 0 Å². The van der Waals surface area contributed by atoms with Gasteiger partial charge in [-0.05, 0) is 49.6 Å². The van der Waals surface area contributed by atoms with Gasteiger partial charge >= 0.3 is 0 Å². The van der Waals surface area contributed by atoms with Gasteiger partial charge in [0.25, 0.3) is 0 Å². The normalized spacial score (nSPS) is 10.4. The van der Waals surface area contributed by atoms with Crippen molar-refractivity contribution in [3.63, 3.8) is 0 Å². The van der Waals surface area contributed by atoms with E-state index in [1.807, 2.05) is 18.2 Å². The molecule has 0 atom stereocenters. The third-order valence-electron chi connectivity index (χ3n) is 2.35. The van der Waals surface area contributed by atoms with Crippen LogP contribution >= 0.6 is 31.9 Å². The summed E-state index contributed by atoms with van der Waals surface area (Å²) in [6.45, 7) is 0.560. The predicted octanol–water partition coefficient (Wildman–Crippen LogP) is 2.87. The highest BCUT2D eigenvalue weighted by atomic mass is 79.9. The molecule has 2 rings (SSSR count). The maximum Gasteiger partial charge on any atom is 0.162 e. The summed E-state index contributed by atoms with van der Waals surface area (Å²) in [5.41, 5.74) is 1.03. The molecule has 5 nitrogen and oxygen atoms in total. The predicted molar refractivity (Wildman–Crippen MR) is 74.1 cm³/mol. The number of hydrogen-bond donors (Lipinski definition) is 0. The molecule has 0 saturated carbocycles. The van der Waals surface area contributed by atoms with Crippen LogP contribution in [0.5, 0.6) is 11.5 Å². The number of halogens is 2. The summed E-state index contributed by atoms with van der Waals surface area (Å²) in [5, 5.41) is 8.41. The Bertz CT molecular complexity index is 538. The van der Waals surface area contributed by atoms with Crippen molar-refractivity contribution in [2.45, 2.75) is 6.54 Å². The molecule has 0 unspecified atom stereocenters. The molecule has 0 aliphatic heterocycles. The second-order valence-corrected chi connectivity index (χ2v) is 5.00. The Balaban J connectivity index is 2.24. The molecule has 7 heteroatoms. The highest BCUT2D eigenvalue weighted by Gasteiger charge is 2.08. The minimum Gasteiger partial charge on any atom is -0.493 e. The van der Waals surface area contributed by atoms with Crippen molar-refractivity contribution < 1.29 is 9.47 Å². The molecule has 0 saturated heterocycles. The SMILES string of the molecule is COc1ccc(Cn2nc(Br)c(Br)n2)cc1OC. The summed E-state index contributed by atoms with van der Waals surface area (Å²) >= 11 is 6.59. The summed E-state index contributed by atoms with van der Waals surface area (Å²) in [7, 11) is 3.22. The topological polar surface area (TPSA) is 49.2 Å². The Morgan fingerprint density at radius 1 is 1.06 bits per heavy atom. The summed E-state index contributed by atoms with van der Waals surface area (Å²) in [6.07, 6.45) is 0. The maximum absolute atomic E-state index is 5.25. The lowest BCUT2D eigenvalue weighted by atomic mass is 10.2. The van der Waals surface area contributed by atoms with E-state index in [1.165, 1.54) is 0 Å². The molecule has 1 aromatic heterocycles. The number of rotatable bonds is 4. The molecule has 96 valence electrons. The first-order valence-electron chi connectivity index (χ1n) is 5.11. The highest BCUT2D eigenvalue weighted by molar-refractivity contribution is 9.13. The van der Waals surface area contributed by atoms with Gasteiger partial charge in [0.1, 0.15) is 0 Å². The van der Waals surface area contributed by atoms with Gasteiger partial charge in [-0.2, -0.15) is 4.80 Å². The Morgan fingerprint density at radius 2 is 1.67 bits per heavy atom. The van der Waals surface area contributed by atoms with Gasteiger partial charge in [-0.1, -0.05) is 6.07 Å². The molecule has 2 aromatic rings. The van der Waals surface area contributed by atoms with Crippen LogP contribution in [0.1, 0.15) is 5.56 Å². The fourth-order valence-corrected chi connectivity index (χ4v) is 2.05. The molecule has 0 bridgehead atoms. The number of nitrogens with zero attached hydrogens (tertiary/aromatic N) is 3. The van der Waals surface area contributed by atoms with Crippen molar-refractivity contribution >= 4 is 31.9 Å². The average molecular weight is 377 g/mol. The van der Waals surface area contributed by atoms with Gasteiger partial charge in [0.15, 0.2) is 20.7 Å². The van der Waals surface area contributed by atoms with Crippen molar-refractivity contribution in [3.05, 3.63) is 33.0 Å². The Hall–Kier alpha value is -1.08. The third-order valence-corrected chi connectivity index (χ3v) is 3.95. The Labute approximate surface area is 121 Å². The van der Waals surface area contributed by atoms with Gasteiger partial charge in [-0.15, -0.1) is 10.2 Å². The zero-order valence-corrected chi connectivity index (χ0v) is 13.0. The number of benzene rings is 1. The van der Waals surface area contributed by atoms with Crippen LogP contribution in [0.15, 0.2) is 27.4 Å². The van der Waals surface area contributed by atoms with Crippen LogP contribution < -0.4 is 9.47 Å². The third kappa shape index (κ3) is 2.84. The lowest BCUT2D eigenvalue weighted by molar-refractivity contribution is 0.354. The first-order valence-corrected chi connectivity index (χ1v) is 6.69. The number of ether oxygens (including phenoxy) is 2. The summed E-state index contributed by atoms with van der Waals surface area (Å²) in [4.78, 5) is 1.59. The Morgan fingerprint density at radius 3 is 2.22 bits per heavy atom. The van der Waals surface area contributed by atoms with E-state index in [0.29, 0.717) is 27.3 Å². The second kappa shape index (κ2) is 5.71. The van der Waals surface area contributed by atoms with Crippen LogP contribution in [0, 0.1) is 0 Å². The van der Waals surface area contributed by atoms with E-state index >= 15 is 0 Å². The minimum absolute atomic E-state index is 0.560. The molecular weight excluding hydrogens is 366 g/mol. The van der Waals surface area contributed by atoms with Gasteiger partial charge in [0.05, 0.1) is 20.8 Å². The van der Waals surface area contributed by atoms with Gasteiger partial charge in [-0.3, -0.25) is 0 Å². The van der Waals surface area contributed by atoms with E-state index < -0.39 is 0 Å². The average Bonchev–Trinajstić information content (AvgIpc) is 2.68. The quantitative estimate of drug-likeness (QED) is 0.823. The van der Waals surface area contributed by atoms with Crippen LogP contribution in [-0.2, 0) is 6.54 Å². The van der Waals surface area contributed by atoms with Crippen molar-refractivity contribution in [2.75, 3.05) is 14.2 Å². The lowest BCUT2D eigenvalue weighted by Gasteiger charge is -2.09. The van der Waals surface area contributed by atoms with E-state index in [2.05, 4.69) is 42.1 Å². The molecule has 0 radical (unpaired) electrons. The molecule has 1 aromatic carbocycles. The molecule has 18 heavy (non-hydrogen) atoms. The number of methoxy groups -OCH3 is 2. The van der Waals surface area contributed by atoms with E-state index in [9.17, 15) is 0 Å². The van der Waals surface area contributed by atoms with Crippen LogP contribution in [0.3, 0.4) is 0 Å². The molecular formula is C11H11Br2N3O2. The monoisotopic (exact) mass is 375 g/mol. The van der Waals surface area contributed by atoms with E-state index in [0.717, 1.165) is 5.56 Å². The van der Waals surface area contributed by atoms with E-state index in [-0.39, 0.29) is 0 Å². The second-order valence-electron chi connectivity index (χ2n) is 3.50. The van der Waals surface area contributed by atoms with Gasteiger partial charge in [-0.25, -0.2) is 0 Å². The smallest absolute Gasteiger partial charge is 0.162 e. The highest BCUT2D eigenvalue weighted by Crippen LogP contribution is 2.28. The zero-order valence-electron chi connectivity index (χ0n) is 9.85. The van der Waals surface area contributed by atoms with Crippen LogP contribution in [0.4, 0.5) is 0 Å². The van der Waals surface area contributed by atoms with Crippen molar-refractivity contribution in [3.8, 4) is 11.5 Å². The van der Waals surface area contributed by atoms with Crippen molar-refractivity contribution in [1.82, 2.24) is 15.0 Å². The fourth-order valence-electron chi connectivity index (χ4n) is 1.52. The van der Waals surface area contributed by atoms with Gasteiger partial charge < -0.3 is 9.47 Å².